The Morgan fingerprint density at radius 3 is 2.54 bits per heavy atom. The van der Waals surface area contributed by atoms with Crippen molar-refractivity contribution in [3.05, 3.63) is 35.4 Å². The number of fused-ring (bicyclic) bond motifs is 2. The standard InChI is InChI=1S/C20H28N2O3S/c1-26(24,25)22-11-9-20(10-12-22)14-15(17-7-2-3-8-18(17)20)13-19(23)21-16-5-4-6-16/h2-3,7-8,15-16H,4-6,9-14H2,1H3,(H,21,23)/t15-/m1/s1. The van der Waals surface area contributed by atoms with Gasteiger partial charge in [-0.1, -0.05) is 24.3 Å². The van der Waals surface area contributed by atoms with Gasteiger partial charge in [-0.3, -0.25) is 4.79 Å². The lowest BCUT2D eigenvalue weighted by atomic mass is 9.73. The third-order valence-corrected chi connectivity index (χ3v) is 7.96. The third kappa shape index (κ3) is 3.29. The average molecular weight is 377 g/mol. The number of carbonyl (C=O) groups is 1. The second-order valence-corrected chi connectivity index (χ2v) is 10.3. The van der Waals surface area contributed by atoms with Crippen molar-refractivity contribution in [2.45, 2.75) is 62.3 Å². The highest BCUT2D eigenvalue weighted by Gasteiger charge is 2.46. The summed E-state index contributed by atoms with van der Waals surface area (Å²) in [6.07, 6.45) is 7.93. The first kappa shape index (κ1) is 18.0. The van der Waals surface area contributed by atoms with Crippen molar-refractivity contribution in [3.8, 4) is 0 Å². The number of rotatable bonds is 4. The zero-order valence-corrected chi connectivity index (χ0v) is 16.2. The summed E-state index contributed by atoms with van der Waals surface area (Å²) in [5, 5.41) is 3.17. The predicted octanol–water partition coefficient (Wildman–Crippen LogP) is 2.53. The van der Waals surface area contributed by atoms with E-state index in [0.29, 0.717) is 25.6 Å². The van der Waals surface area contributed by atoms with Gasteiger partial charge in [0.2, 0.25) is 15.9 Å². The third-order valence-electron chi connectivity index (χ3n) is 6.66. The van der Waals surface area contributed by atoms with Gasteiger partial charge in [0.25, 0.3) is 0 Å². The van der Waals surface area contributed by atoms with Crippen molar-refractivity contribution in [3.63, 3.8) is 0 Å². The molecular formula is C20H28N2O3S. The molecule has 5 nitrogen and oxygen atoms in total. The van der Waals surface area contributed by atoms with E-state index < -0.39 is 10.0 Å². The fourth-order valence-electron chi connectivity index (χ4n) is 4.99. The molecule has 2 fully saturated rings. The highest BCUT2D eigenvalue weighted by molar-refractivity contribution is 7.88. The van der Waals surface area contributed by atoms with Crippen LogP contribution in [0.1, 0.15) is 62.0 Å². The number of nitrogens with zero attached hydrogens (tertiary/aromatic N) is 1. The van der Waals surface area contributed by atoms with Crippen molar-refractivity contribution in [2.75, 3.05) is 19.3 Å². The van der Waals surface area contributed by atoms with E-state index in [1.54, 1.807) is 4.31 Å². The molecule has 26 heavy (non-hydrogen) atoms. The number of amides is 1. The van der Waals surface area contributed by atoms with E-state index in [1.165, 1.54) is 23.8 Å². The van der Waals surface area contributed by atoms with Crippen LogP contribution in [-0.2, 0) is 20.2 Å². The molecule has 142 valence electrons. The Morgan fingerprint density at radius 2 is 1.92 bits per heavy atom. The Hall–Kier alpha value is -1.40. The summed E-state index contributed by atoms with van der Waals surface area (Å²) in [5.41, 5.74) is 2.66. The van der Waals surface area contributed by atoms with E-state index in [2.05, 4.69) is 29.6 Å². The molecule has 1 aliphatic heterocycles. The zero-order chi connectivity index (χ0) is 18.4. The number of benzene rings is 1. The zero-order valence-electron chi connectivity index (χ0n) is 15.4. The normalized spacial score (nSPS) is 25.7. The summed E-state index contributed by atoms with van der Waals surface area (Å²) in [5.74, 6) is 0.413. The van der Waals surface area contributed by atoms with E-state index in [1.807, 2.05) is 0 Å². The molecule has 1 amide bonds. The number of hydrogen-bond acceptors (Lipinski definition) is 3. The molecule has 2 aliphatic carbocycles. The van der Waals surface area contributed by atoms with Crippen molar-refractivity contribution in [2.24, 2.45) is 0 Å². The maximum absolute atomic E-state index is 12.5. The number of carbonyl (C=O) groups excluding carboxylic acids is 1. The maximum Gasteiger partial charge on any atom is 0.220 e. The molecule has 4 rings (SSSR count). The SMILES string of the molecule is CS(=O)(=O)N1CCC2(CC1)C[C@@H](CC(=O)NC1CCC1)c1ccccc12. The van der Waals surface area contributed by atoms with Gasteiger partial charge < -0.3 is 5.32 Å². The highest BCUT2D eigenvalue weighted by Crippen LogP contribution is 2.52. The lowest BCUT2D eigenvalue weighted by molar-refractivity contribution is -0.122. The largest absolute Gasteiger partial charge is 0.353 e. The molecule has 1 saturated carbocycles. The second kappa shape index (κ2) is 6.64. The summed E-state index contributed by atoms with van der Waals surface area (Å²) in [7, 11) is -3.12. The first-order valence-corrected chi connectivity index (χ1v) is 11.6. The summed E-state index contributed by atoms with van der Waals surface area (Å²) in [6.45, 7) is 1.16. The van der Waals surface area contributed by atoms with E-state index in [4.69, 9.17) is 0 Å². The van der Waals surface area contributed by atoms with Gasteiger partial charge in [-0.15, -0.1) is 0 Å². The molecule has 3 aliphatic rings. The summed E-state index contributed by atoms with van der Waals surface area (Å²) >= 11 is 0. The fourth-order valence-corrected chi connectivity index (χ4v) is 5.84. The topological polar surface area (TPSA) is 66.5 Å². The van der Waals surface area contributed by atoms with Crippen LogP contribution >= 0.6 is 0 Å². The molecule has 1 heterocycles. The van der Waals surface area contributed by atoms with Crippen LogP contribution in [-0.4, -0.2) is 44.0 Å². The van der Waals surface area contributed by atoms with Crippen LogP contribution in [0.4, 0.5) is 0 Å². The van der Waals surface area contributed by atoms with Gasteiger partial charge in [-0.25, -0.2) is 12.7 Å². The van der Waals surface area contributed by atoms with Crippen LogP contribution in [0.15, 0.2) is 24.3 Å². The minimum atomic E-state index is -3.12. The van der Waals surface area contributed by atoms with Gasteiger partial charge in [0.05, 0.1) is 6.26 Å². The molecule has 1 aromatic rings. The number of hydrogen-bond donors (Lipinski definition) is 1. The summed E-state index contributed by atoms with van der Waals surface area (Å²) in [6, 6.07) is 8.86. The molecule has 0 aromatic heterocycles. The van der Waals surface area contributed by atoms with Crippen LogP contribution in [0, 0.1) is 0 Å². The van der Waals surface area contributed by atoms with E-state index in [0.717, 1.165) is 32.1 Å². The molecule has 6 heteroatoms. The lowest BCUT2D eigenvalue weighted by Gasteiger charge is -2.39. The van der Waals surface area contributed by atoms with Crippen LogP contribution in [0.2, 0.25) is 0 Å². The molecule has 1 atom stereocenters. The molecule has 1 N–H and O–H groups in total. The van der Waals surface area contributed by atoms with Gasteiger partial charge in [0.1, 0.15) is 0 Å². The fraction of sp³-hybridized carbons (Fsp3) is 0.650. The minimum Gasteiger partial charge on any atom is -0.353 e. The Labute approximate surface area is 156 Å². The van der Waals surface area contributed by atoms with Crippen LogP contribution in [0.25, 0.3) is 0 Å². The van der Waals surface area contributed by atoms with Gasteiger partial charge in [0.15, 0.2) is 0 Å². The van der Waals surface area contributed by atoms with Gasteiger partial charge in [0, 0.05) is 25.6 Å². The van der Waals surface area contributed by atoms with E-state index in [9.17, 15) is 13.2 Å². The number of sulfonamides is 1. The van der Waals surface area contributed by atoms with E-state index >= 15 is 0 Å². The number of nitrogens with one attached hydrogen (secondary N) is 1. The highest BCUT2D eigenvalue weighted by atomic mass is 32.2. The molecule has 0 bridgehead atoms. The predicted molar refractivity (Wildman–Crippen MR) is 102 cm³/mol. The summed E-state index contributed by atoms with van der Waals surface area (Å²) in [4.78, 5) is 12.5. The molecule has 1 saturated heterocycles. The quantitative estimate of drug-likeness (QED) is 0.878. The Bertz CT molecular complexity index is 793. The van der Waals surface area contributed by atoms with Gasteiger partial charge in [-0.05, 0) is 61.0 Å². The van der Waals surface area contributed by atoms with Crippen LogP contribution < -0.4 is 5.32 Å². The van der Waals surface area contributed by atoms with Crippen molar-refractivity contribution in [1.29, 1.82) is 0 Å². The minimum absolute atomic E-state index is 0.0270. The van der Waals surface area contributed by atoms with Gasteiger partial charge >= 0.3 is 0 Å². The van der Waals surface area contributed by atoms with E-state index in [-0.39, 0.29) is 17.2 Å². The molecule has 1 spiro atoms. The molecular weight excluding hydrogens is 348 g/mol. The Balaban J connectivity index is 1.50. The molecule has 0 radical (unpaired) electrons. The summed E-state index contributed by atoms with van der Waals surface area (Å²) < 4.78 is 25.3. The molecule has 1 aromatic carbocycles. The van der Waals surface area contributed by atoms with Crippen molar-refractivity contribution in [1.82, 2.24) is 9.62 Å². The van der Waals surface area contributed by atoms with Crippen molar-refractivity contribution < 1.29 is 13.2 Å². The first-order valence-electron chi connectivity index (χ1n) is 9.71. The Kier molecular flexibility index (Phi) is 4.59. The monoisotopic (exact) mass is 376 g/mol. The maximum atomic E-state index is 12.5. The second-order valence-electron chi connectivity index (χ2n) is 8.33. The first-order chi connectivity index (χ1) is 12.4. The number of piperidine rings is 1. The average Bonchev–Trinajstić information content (AvgIpc) is 2.85. The van der Waals surface area contributed by atoms with Crippen LogP contribution in [0.5, 0.6) is 0 Å². The Morgan fingerprint density at radius 1 is 1.23 bits per heavy atom. The van der Waals surface area contributed by atoms with Crippen LogP contribution in [0.3, 0.4) is 0 Å². The van der Waals surface area contributed by atoms with Gasteiger partial charge in [-0.2, -0.15) is 0 Å². The smallest absolute Gasteiger partial charge is 0.220 e. The lowest BCUT2D eigenvalue weighted by Crippen LogP contribution is -2.44. The molecule has 0 unspecified atom stereocenters. The van der Waals surface area contributed by atoms with Crippen molar-refractivity contribution >= 4 is 15.9 Å².